The van der Waals surface area contributed by atoms with Crippen molar-refractivity contribution < 1.29 is 199 Å². The maximum Gasteiger partial charge on any atom is 1.00 e. The number of alkyl halides is 1. The van der Waals surface area contributed by atoms with Crippen molar-refractivity contribution in [3.05, 3.63) is 48.6 Å². The number of thioether (sulfide) groups is 1. The van der Waals surface area contributed by atoms with Crippen LogP contribution >= 0.6 is 40.3 Å². The van der Waals surface area contributed by atoms with Crippen molar-refractivity contribution in [2.75, 3.05) is 108 Å². The number of carbonyl (C=O) groups excluding carboxylic acids is 16. The number of imide groups is 5. The minimum absolute atomic E-state index is 0. The van der Waals surface area contributed by atoms with E-state index in [0.717, 1.165) is 75.5 Å². The first kappa shape index (κ1) is 125. The molecule has 0 spiro atoms. The SMILES string of the molecule is C.CC(C)(C)OC(=O)CBr.CC(C)(C)OC(=O)CS(=O)(=O)CCCN1C(=O)C=CC1=O.CC(C)(C)OC(=O)CS(=O)(=O)CCCO.CC(C)(C)OC(=O)CSCCCO.N=S.O=C(CS(=O)(=O)CCCN1C(=O)C=CC1=O)ON1C(=O)CCC1=O.O=C(O)CS(=O)(=O)CCCN1C(=O)C=CC1=O.O=C1C=CC(=O)N1.O=CO[O-].OCCCS.[Na+]. The van der Waals surface area contributed by atoms with Crippen molar-refractivity contribution in [1.29, 1.82) is 4.78 Å². The number of halogens is 1. The van der Waals surface area contributed by atoms with Crippen LogP contribution in [0.3, 0.4) is 0 Å². The predicted molar refractivity (Wildman–Crippen MR) is 431 cm³/mol. The van der Waals surface area contributed by atoms with Crippen LogP contribution in [0.5, 0.6) is 0 Å². The van der Waals surface area contributed by atoms with E-state index < -0.39 is 156 Å². The van der Waals surface area contributed by atoms with Gasteiger partial charge in [0.15, 0.2) is 45.1 Å². The second-order valence-electron chi connectivity index (χ2n) is 27.2. The summed E-state index contributed by atoms with van der Waals surface area (Å²) in [7, 11) is -14.6. The van der Waals surface area contributed by atoms with E-state index in [-0.39, 0.29) is 178 Å². The van der Waals surface area contributed by atoms with E-state index in [2.05, 4.69) is 50.7 Å². The quantitative estimate of drug-likeness (QED) is 0.00318. The number of amides is 10. The van der Waals surface area contributed by atoms with Crippen molar-refractivity contribution in [2.45, 2.75) is 164 Å². The Morgan fingerprint density at radius 2 is 0.773 bits per heavy atom. The molecule has 1 saturated heterocycles. The number of hydrogen-bond acceptors (Lipinski definition) is 39. The van der Waals surface area contributed by atoms with Crippen LogP contribution in [0, 0.1) is 4.78 Å². The summed E-state index contributed by atoms with van der Waals surface area (Å²) in [6.45, 7) is 21.0. The molecule has 5 aliphatic rings. The Bertz CT molecular complexity index is 3860. The molecule has 5 aliphatic heterocycles. The number of aliphatic hydroxyl groups excluding tert-OH is 3. The average molecular weight is 1910 g/mol. The second-order valence-corrected chi connectivity index (χ2v) is 38.1. The van der Waals surface area contributed by atoms with Gasteiger partial charge >= 0.3 is 65.4 Å². The standard InChI is InChI=1S/C13H14N2O8S.C13H19NO6S.C9H11NO6S.C9H18O5S.C9H18O3S.C6H11BrO2.C4H3NO2.C3H8OS.CH2O3.CH4.HNS.Na/c16-9-2-3-10(17)14(9)6-1-7-24(21,22)8-13(20)23-15-11(18)4-5-12(15)19;1-13(2,3)20-12(17)9-21(18,19)8-4-7-14-10(15)5-6-11(14)16;11-7-2-3-8(12)10(7)4-1-5-17(15,16)6-9(13)14;1-9(2,3)14-8(11)7-15(12,13)6-4-5-10;1-9(2,3)12-8(11)7-13-6-4-5-10;1-6(2,3)9-5(8)4-7;6-3-1-2-4(7)5-3;4-2-1-3-5;2-1-4-3;;1-2;/h2-3H,1,4-8H2;5-6H,4,7-9H2,1-3H3;2-3H,1,4-6H2,(H,13,14);10H,4-7H2,1-3H3;10H,4-7H2,1-3H3;4H2,1-3H3;1-2H,(H,5,6,7);4-5H,1-3H2;1,3H;1H4;1H;/q;;;;;;;;;;;+1/p-1. The van der Waals surface area contributed by atoms with Crippen LogP contribution in [0.2, 0.25) is 0 Å². The van der Waals surface area contributed by atoms with Gasteiger partial charge in [-0.3, -0.25) is 96.7 Å². The molecule has 1 fully saturated rings. The third-order valence-electron chi connectivity index (χ3n) is 11.8. The van der Waals surface area contributed by atoms with Gasteiger partial charge in [-0.1, -0.05) is 23.4 Å². The summed E-state index contributed by atoms with van der Waals surface area (Å²) in [5, 5.41) is 44.3. The molecule has 0 atom stereocenters. The van der Waals surface area contributed by atoms with Crippen LogP contribution in [-0.2, 0) is 162 Å². The molecule has 119 heavy (non-hydrogen) atoms. The van der Waals surface area contributed by atoms with Crippen LogP contribution < -0.4 is 40.1 Å². The molecule has 5 rings (SSSR count). The Labute approximate surface area is 737 Å². The van der Waals surface area contributed by atoms with E-state index >= 15 is 0 Å². The van der Waals surface area contributed by atoms with E-state index in [1.807, 2.05) is 46.9 Å². The maximum absolute atomic E-state index is 11.8. The molecular formula is C68H108BrN6NaO36S7. The molecule has 6 N–H and O–H groups in total. The largest absolute Gasteiger partial charge is 1.00 e. The third-order valence-corrected chi connectivity index (χ3v) is 20.0. The molecule has 0 unspecified atom stereocenters. The monoisotopic (exact) mass is 1910 g/mol. The minimum Gasteiger partial charge on any atom is -0.662 e. The normalized spacial score (nSPS) is 13.9. The number of carboxylic acid groups (broad SMARTS) is 1. The van der Waals surface area contributed by atoms with Crippen LogP contribution in [-0.4, -0.2) is 306 Å². The number of carbonyl (C=O) groups is 17. The molecule has 51 heteroatoms. The summed E-state index contributed by atoms with van der Waals surface area (Å²) in [5.74, 6) is -12.2. The zero-order valence-electron chi connectivity index (χ0n) is 67.5. The number of carboxylic acids is 1. The number of thiol groups is 1. The summed E-state index contributed by atoms with van der Waals surface area (Å²) in [4.78, 5) is 195. The number of nitrogens with one attached hydrogen (secondary N) is 2. The van der Waals surface area contributed by atoms with Crippen molar-refractivity contribution in [1.82, 2.24) is 25.1 Å². The van der Waals surface area contributed by atoms with Crippen molar-refractivity contribution in [3.8, 4) is 0 Å². The topological polar surface area (TPSA) is 635 Å². The third kappa shape index (κ3) is 72.2. The Hall–Kier alpha value is -7.21. The molecule has 0 aliphatic carbocycles. The number of esters is 4. The van der Waals surface area contributed by atoms with E-state index in [1.165, 1.54) is 23.9 Å². The molecule has 42 nitrogen and oxygen atoms in total. The Kier molecular flexibility index (Phi) is 67.8. The second kappa shape index (κ2) is 64.6. The summed E-state index contributed by atoms with van der Waals surface area (Å²) in [6, 6.07) is 0. The summed E-state index contributed by atoms with van der Waals surface area (Å²) >= 11 is 11.7. The zero-order chi connectivity index (χ0) is 92.0. The van der Waals surface area contributed by atoms with Gasteiger partial charge in [0.25, 0.3) is 65.5 Å². The van der Waals surface area contributed by atoms with Gasteiger partial charge in [-0.05, 0) is 133 Å². The number of aliphatic carboxylic acids is 1. The van der Waals surface area contributed by atoms with Gasteiger partial charge in [0.05, 0.1) is 28.8 Å². The van der Waals surface area contributed by atoms with Gasteiger partial charge in [0, 0.05) is 113 Å². The molecule has 5 heterocycles. The van der Waals surface area contributed by atoms with Gasteiger partial charge in [-0.2, -0.15) is 24.4 Å². The number of hydroxylamine groups is 2. The van der Waals surface area contributed by atoms with Gasteiger partial charge in [-0.15, -0.1) is 5.06 Å². The maximum atomic E-state index is 11.8. The fourth-order valence-electron chi connectivity index (χ4n) is 7.60. The summed E-state index contributed by atoms with van der Waals surface area (Å²) in [5.41, 5.74) is -2.17. The smallest absolute Gasteiger partial charge is 0.662 e. The predicted octanol–water partition coefficient (Wildman–Crippen LogP) is -3.66. The Morgan fingerprint density at radius 3 is 1.01 bits per heavy atom. The Morgan fingerprint density at radius 1 is 0.496 bits per heavy atom. The minimum atomic E-state index is -3.88. The van der Waals surface area contributed by atoms with Crippen molar-refractivity contribution in [3.63, 3.8) is 0 Å². The number of sulfone groups is 4. The number of nitrogens with zero attached hydrogens (tertiary/aromatic N) is 4. The molecule has 0 aromatic carbocycles. The Balaban J connectivity index is -0.000000246. The van der Waals surface area contributed by atoms with Gasteiger partial charge in [0.1, 0.15) is 45.0 Å². The summed E-state index contributed by atoms with van der Waals surface area (Å²) in [6.07, 6.45) is 10.6. The molecule has 0 radical (unpaired) electrons. The summed E-state index contributed by atoms with van der Waals surface area (Å²) < 4.78 is 117. The molecule has 10 amide bonds. The fourth-order valence-corrected chi connectivity index (χ4v) is 13.0. The molecular weight excluding hydrogens is 1800 g/mol. The first-order valence-electron chi connectivity index (χ1n) is 34.3. The van der Waals surface area contributed by atoms with Crippen molar-refractivity contribution in [2.24, 2.45) is 0 Å². The van der Waals surface area contributed by atoms with Crippen LogP contribution in [0.1, 0.15) is 142 Å². The van der Waals surface area contributed by atoms with E-state index in [0.29, 0.717) is 5.75 Å². The number of ether oxygens (including phenoxy) is 4. The average Bonchev–Trinajstić information content (AvgIpc) is 1.73. The van der Waals surface area contributed by atoms with Crippen LogP contribution in [0.15, 0.2) is 48.6 Å². The number of rotatable bonds is 33. The van der Waals surface area contributed by atoms with E-state index in [1.54, 1.807) is 41.5 Å². The zero-order valence-corrected chi connectivity index (χ0v) is 76.9. The van der Waals surface area contributed by atoms with E-state index in [9.17, 15) is 110 Å². The number of aliphatic hydroxyl groups is 3. The van der Waals surface area contributed by atoms with Gasteiger partial charge in [0.2, 0.25) is 0 Å². The first-order chi connectivity index (χ1) is 53.7. The van der Waals surface area contributed by atoms with E-state index in [4.69, 9.17) is 54.2 Å². The van der Waals surface area contributed by atoms with Gasteiger partial charge in [-0.25, -0.2) is 43.2 Å². The van der Waals surface area contributed by atoms with Gasteiger partial charge < -0.3 is 54.4 Å². The fraction of sp³-hybridized carbons (Fsp3) is 0.632. The van der Waals surface area contributed by atoms with Crippen LogP contribution in [0.4, 0.5) is 0 Å². The molecule has 0 aromatic heterocycles. The molecule has 0 aromatic rings. The molecule has 676 valence electrons. The van der Waals surface area contributed by atoms with Crippen molar-refractivity contribution >= 4 is 193 Å². The molecule has 0 saturated carbocycles. The number of hydrogen-bond donors (Lipinski definition) is 7. The molecule has 0 bridgehead atoms. The van der Waals surface area contributed by atoms with Crippen LogP contribution in [0.25, 0.3) is 0 Å². The first-order valence-corrected chi connectivity index (χ1v) is 44.9.